The molecule has 0 radical (unpaired) electrons. The molecule has 2 saturated heterocycles. The summed E-state index contributed by atoms with van der Waals surface area (Å²) in [4.78, 5) is 6.86. The SMILES string of the molecule is Cc1cccc(CN2CC[C@H](N3CCN(c4ccccc4F)CC3)[C@@H](O)C2)c1. The Balaban J connectivity index is 1.30. The van der Waals surface area contributed by atoms with Crippen molar-refractivity contribution in [1.82, 2.24) is 9.80 Å². The molecule has 150 valence electrons. The number of benzene rings is 2. The van der Waals surface area contributed by atoms with Crippen LogP contribution in [-0.2, 0) is 6.54 Å². The monoisotopic (exact) mass is 383 g/mol. The van der Waals surface area contributed by atoms with Gasteiger partial charge in [0, 0.05) is 51.9 Å². The average molecular weight is 384 g/mol. The quantitative estimate of drug-likeness (QED) is 0.879. The van der Waals surface area contributed by atoms with Gasteiger partial charge in [0.25, 0.3) is 0 Å². The highest BCUT2D eigenvalue weighted by Crippen LogP contribution is 2.24. The number of piperidine rings is 1. The van der Waals surface area contributed by atoms with Gasteiger partial charge in [-0.3, -0.25) is 9.80 Å². The van der Waals surface area contributed by atoms with Crippen molar-refractivity contribution in [3.63, 3.8) is 0 Å². The van der Waals surface area contributed by atoms with Gasteiger partial charge in [0.1, 0.15) is 5.82 Å². The minimum atomic E-state index is -0.335. The van der Waals surface area contributed by atoms with E-state index in [2.05, 4.69) is 45.9 Å². The number of piperazine rings is 1. The van der Waals surface area contributed by atoms with Crippen molar-refractivity contribution >= 4 is 5.69 Å². The van der Waals surface area contributed by atoms with Gasteiger partial charge in [0.05, 0.1) is 11.8 Å². The lowest BCUT2D eigenvalue weighted by Gasteiger charge is -2.45. The van der Waals surface area contributed by atoms with Crippen LogP contribution in [0.3, 0.4) is 0 Å². The van der Waals surface area contributed by atoms with Gasteiger partial charge in [-0.15, -0.1) is 0 Å². The maximum atomic E-state index is 14.0. The Morgan fingerprint density at radius 1 is 1.00 bits per heavy atom. The van der Waals surface area contributed by atoms with Gasteiger partial charge in [0.2, 0.25) is 0 Å². The molecule has 0 aliphatic carbocycles. The molecule has 2 heterocycles. The Kier molecular flexibility index (Phi) is 5.95. The van der Waals surface area contributed by atoms with Crippen LogP contribution >= 0.6 is 0 Å². The highest BCUT2D eigenvalue weighted by atomic mass is 19.1. The number of nitrogens with zero attached hydrogens (tertiary/aromatic N) is 3. The van der Waals surface area contributed by atoms with E-state index in [1.165, 1.54) is 17.2 Å². The third-order valence-electron chi connectivity index (χ3n) is 6.10. The average Bonchev–Trinajstić information content (AvgIpc) is 2.69. The topological polar surface area (TPSA) is 30.0 Å². The molecule has 28 heavy (non-hydrogen) atoms. The van der Waals surface area contributed by atoms with E-state index < -0.39 is 0 Å². The zero-order valence-corrected chi connectivity index (χ0v) is 16.6. The fraction of sp³-hybridized carbons (Fsp3) is 0.478. The number of aryl methyl sites for hydroxylation is 1. The van der Waals surface area contributed by atoms with Crippen molar-refractivity contribution in [2.75, 3.05) is 44.2 Å². The first kappa shape index (κ1) is 19.4. The lowest BCUT2D eigenvalue weighted by molar-refractivity contribution is -0.0172. The Bertz CT molecular complexity index is 791. The van der Waals surface area contributed by atoms with Crippen molar-refractivity contribution < 1.29 is 9.50 Å². The second-order valence-corrected chi connectivity index (χ2v) is 8.12. The standard InChI is InChI=1S/C23H30FN3O/c1-18-5-4-6-19(15-18)16-25-10-9-22(23(28)17-25)27-13-11-26(12-14-27)21-8-3-2-7-20(21)24/h2-8,15,22-23,28H,9-14,16-17H2,1H3/t22-,23-/m0/s1. The third-order valence-corrected chi connectivity index (χ3v) is 6.10. The largest absolute Gasteiger partial charge is 0.390 e. The first-order chi connectivity index (χ1) is 13.6. The third kappa shape index (κ3) is 4.37. The lowest BCUT2D eigenvalue weighted by Crippen LogP contribution is -2.58. The molecule has 0 aromatic heterocycles. The van der Waals surface area contributed by atoms with E-state index in [1.807, 2.05) is 12.1 Å². The van der Waals surface area contributed by atoms with Crippen molar-refractivity contribution in [3.05, 3.63) is 65.5 Å². The molecule has 0 saturated carbocycles. The number of para-hydroxylation sites is 1. The van der Waals surface area contributed by atoms with Gasteiger partial charge in [-0.1, -0.05) is 42.0 Å². The van der Waals surface area contributed by atoms with Gasteiger partial charge in [0.15, 0.2) is 0 Å². The molecule has 0 amide bonds. The highest BCUT2D eigenvalue weighted by molar-refractivity contribution is 5.48. The molecule has 2 aromatic carbocycles. The van der Waals surface area contributed by atoms with Crippen LogP contribution in [0.25, 0.3) is 0 Å². The van der Waals surface area contributed by atoms with Gasteiger partial charge in [-0.25, -0.2) is 4.39 Å². The molecule has 2 atom stereocenters. The molecule has 0 unspecified atom stereocenters. The normalized spacial score (nSPS) is 24.5. The van der Waals surface area contributed by atoms with E-state index in [-0.39, 0.29) is 18.0 Å². The number of likely N-dealkylation sites (tertiary alicyclic amines) is 1. The van der Waals surface area contributed by atoms with E-state index in [4.69, 9.17) is 0 Å². The molecule has 2 aliphatic rings. The first-order valence-corrected chi connectivity index (χ1v) is 10.3. The van der Waals surface area contributed by atoms with E-state index in [0.29, 0.717) is 12.2 Å². The van der Waals surface area contributed by atoms with Crippen molar-refractivity contribution in [2.24, 2.45) is 0 Å². The number of halogens is 1. The fourth-order valence-electron chi connectivity index (χ4n) is 4.63. The summed E-state index contributed by atoms with van der Waals surface area (Å²) >= 11 is 0. The molecular weight excluding hydrogens is 353 g/mol. The summed E-state index contributed by atoms with van der Waals surface area (Å²) in [6, 6.07) is 15.8. The fourth-order valence-corrected chi connectivity index (χ4v) is 4.63. The summed E-state index contributed by atoms with van der Waals surface area (Å²) in [5, 5.41) is 10.8. The zero-order chi connectivity index (χ0) is 19.5. The van der Waals surface area contributed by atoms with E-state index in [0.717, 1.165) is 45.7 Å². The first-order valence-electron chi connectivity index (χ1n) is 10.3. The van der Waals surface area contributed by atoms with Crippen LogP contribution in [0, 0.1) is 12.7 Å². The molecule has 0 bridgehead atoms. The summed E-state index contributed by atoms with van der Waals surface area (Å²) in [6.07, 6.45) is 0.644. The van der Waals surface area contributed by atoms with Crippen molar-refractivity contribution in [1.29, 1.82) is 0 Å². The van der Waals surface area contributed by atoms with Gasteiger partial charge >= 0.3 is 0 Å². The number of aliphatic hydroxyl groups is 1. The van der Waals surface area contributed by atoms with E-state index in [1.54, 1.807) is 6.07 Å². The van der Waals surface area contributed by atoms with Crippen molar-refractivity contribution in [2.45, 2.75) is 32.0 Å². The number of β-amino-alcohol motifs (C(OH)–C–C–N with tert-alkyl or cyclic N) is 1. The van der Waals surface area contributed by atoms with Gasteiger partial charge in [-0.2, -0.15) is 0 Å². The van der Waals surface area contributed by atoms with Crippen LogP contribution in [-0.4, -0.2) is 66.3 Å². The van der Waals surface area contributed by atoms with E-state index >= 15 is 0 Å². The Labute approximate surface area is 167 Å². The Morgan fingerprint density at radius 3 is 2.50 bits per heavy atom. The highest BCUT2D eigenvalue weighted by Gasteiger charge is 2.33. The molecular formula is C23H30FN3O. The maximum Gasteiger partial charge on any atom is 0.146 e. The van der Waals surface area contributed by atoms with Crippen LogP contribution in [0.4, 0.5) is 10.1 Å². The summed E-state index contributed by atoms with van der Waals surface area (Å²) < 4.78 is 14.0. The minimum Gasteiger partial charge on any atom is -0.390 e. The number of anilines is 1. The summed E-state index contributed by atoms with van der Waals surface area (Å²) in [6.45, 7) is 8.07. The van der Waals surface area contributed by atoms with Crippen LogP contribution < -0.4 is 4.90 Å². The molecule has 2 fully saturated rings. The molecule has 2 aromatic rings. The summed E-state index contributed by atoms with van der Waals surface area (Å²) in [5.41, 5.74) is 3.28. The lowest BCUT2D eigenvalue weighted by atomic mass is 9.98. The van der Waals surface area contributed by atoms with Gasteiger partial charge in [-0.05, 0) is 31.0 Å². The zero-order valence-electron chi connectivity index (χ0n) is 16.6. The van der Waals surface area contributed by atoms with Crippen LogP contribution in [0.15, 0.2) is 48.5 Å². The van der Waals surface area contributed by atoms with Crippen LogP contribution in [0.5, 0.6) is 0 Å². The molecule has 1 N–H and O–H groups in total. The van der Waals surface area contributed by atoms with E-state index in [9.17, 15) is 9.50 Å². The van der Waals surface area contributed by atoms with Gasteiger partial charge < -0.3 is 10.0 Å². The molecule has 4 nitrogen and oxygen atoms in total. The number of hydrogen-bond acceptors (Lipinski definition) is 4. The summed E-state index contributed by atoms with van der Waals surface area (Å²) in [7, 11) is 0. The number of hydrogen-bond donors (Lipinski definition) is 1. The van der Waals surface area contributed by atoms with Crippen LogP contribution in [0.2, 0.25) is 0 Å². The number of aliphatic hydroxyl groups excluding tert-OH is 1. The van der Waals surface area contributed by atoms with Crippen molar-refractivity contribution in [3.8, 4) is 0 Å². The summed E-state index contributed by atoms with van der Waals surface area (Å²) in [5.74, 6) is -0.152. The molecule has 2 aliphatic heterocycles. The second kappa shape index (κ2) is 8.60. The Morgan fingerprint density at radius 2 is 1.79 bits per heavy atom. The Hall–Kier alpha value is -1.95. The minimum absolute atomic E-state index is 0.152. The molecule has 5 heteroatoms. The second-order valence-electron chi connectivity index (χ2n) is 8.12. The predicted molar refractivity (Wildman–Crippen MR) is 111 cm³/mol. The van der Waals surface area contributed by atoms with Crippen LogP contribution in [0.1, 0.15) is 17.5 Å². The predicted octanol–water partition coefficient (Wildman–Crippen LogP) is 2.89. The number of rotatable bonds is 4. The maximum absolute atomic E-state index is 14.0. The smallest absolute Gasteiger partial charge is 0.146 e. The molecule has 4 rings (SSSR count). The molecule has 0 spiro atoms.